The number of anilines is 1. The van der Waals surface area contributed by atoms with Gasteiger partial charge in [0.1, 0.15) is 0 Å². The molecule has 136 valence electrons. The van der Waals surface area contributed by atoms with Crippen LogP contribution in [0, 0.1) is 0 Å². The van der Waals surface area contributed by atoms with Crippen molar-refractivity contribution < 1.29 is 22.7 Å². The zero-order chi connectivity index (χ0) is 18.9. The molecule has 2 aromatic carbocycles. The van der Waals surface area contributed by atoms with Crippen LogP contribution >= 0.6 is 0 Å². The van der Waals surface area contributed by atoms with Gasteiger partial charge in [0.15, 0.2) is 15.9 Å². The lowest BCUT2D eigenvalue weighted by Gasteiger charge is -2.21. The molecule has 0 unspecified atom stereocenters. The third kappa shape index (κ3) is 3.62. The van der Waals surface area contributed by atoms with Crippen molar-refractivity contribution in [1.29, 1.82) is 0 Å². The Balaban J connectivity index is 1.69. The molecule has 0 radical (unpaired) electrons. The summed E-state index contributed by atoms with van der Waals surface area (Å²) in [6, 6.07) is 13.1. The van der Waals surface area contributed by atoms with Crippen LogP contribution in [0.25, 0.3) is 0 Å². The Bertz CT molecular complexity index is 950. The molecule has 2 aromatic rings. The number of esters is 1. The van der Waals surface area contributed by atoms with Gasteiger partial charge in [-0.05, 0) is 49.2 Å². The maximum Gasteiger partial charge on any atom is 0.338 e. The Morgan fingerprint density at radius 2 is 1.73 bits per heavy atom. The van der Waals surface area contributed by atoms with Crippen molar-refractivity contribution in [3.05, 3.63) is 59.7 Å². The van der Waals surface area contributed by atoms with Crippen molar-refractivity contribution in [2.45, 2.75) is 24.3 Å². The lowest BCUT2D eigenvalue weighted by Crippen LogP contribution is -2.39. The van der Waals surface area contributed by atoms with E-state index in [-0.39, 0.29) is 16.4 Å². The molecule has 0 aliphatic carbocycles. The second kappa shape index (κ2) is 6.92. The second-order valence-electron chi connectivity index (χ2n) is 6.21. The maximum atomic E-state index is 12.6. The van der Waals surface area contributed by atoms with E-state index in [0.717, 1.165) is 23.9 Å². The lowest BCUT2D eigenvalue weighted by atomic mass is 10.2. The highest BCUT2D eigenvalue weighted by molar-refractivity contribution is 7.90. The predicted molar refractivity (Wildman–Crippen MR) is 96.9 cm³/mol. The molecule has 0 spiro atoms. The monoisotopic (exact) mass is 373 g/mol. The summed E-state index contributed by atoms with van der Waals surface area (Å²) in [6.07, 6.45) is 0.924. The SMILES string of the molecule is C[C@H](OC(=O)c1ccc(S(C)(=O)=O)cc1)C(=O)N1CCc2ccccc21. The topological polar surface area (TPSA) is 80.8 Å². The average molecular weight is 373 g/mol. The first-order valence-corrected chi connectivity index (χ1v) is 10.1. The molecule has 0 saturated heterocycles. The summed E-state index contributed by atoms with van der Waals surface area (Å²) in [5.41, 5.74) is 2.13. The summed E-state index contributed by atoms with van der Waals surface area (Å²) < 4.78 is 28.2. The van der Waals surface area contributed by atoms with Crippen LogP contribution < -0.4 is 4.90 Å². The quantitative estimate of drug-likeness (QED) is 0.768. The van der Waals surface area contributed by atoms with Crippen LogP contribution in [0.5, 0.6) is 0 Å². The standard InChI is InChI=1S/C19H19NO5S/c1-13(18(21)20-12-11-14-5-3-4-6-17(14)20)25-19(22)15-7-9-16(10-8-15)26(2,23)24/h3-10,13H,11-12H2,1-2H3/t13-/m0/s1. The molecule has 0 N–H and O–H groups in total. The molecule has 7 heteroatoms. The van der Waals surface area contributed by atoms with Crippen molar-refractivity contribution in [3.63, 3.8) is 0 Å². The highest BCUT2D eigenvalue weighted by Gasteiger charge is 2.30. The Kier molecular flexibility index (Phi) is 4.82. The van der Waals surface area contributed by atoms with E-state index in [0.29, 0.717) is 6.54 Å². The van der Waals surface area contributed by atoms with Gasteiger partial charge in [0.2, 0.25) is 0 Å². The largest absolute Gasteiger partial charge is 0.449 e. The number of nitrogens with zero attached hydrogens (tertiary/aromatic N) is 1. The number of carbonyl (C=O) groups excluding carboxylic acids is 2. The highest BCUT2D eigenvalue weighted by atomic mass is 32.2. The summed E-state index contributed by atoms with van der Waals surface area (Å²) in [5.74, 6) is -0.950. The Morgan fingerprint density at radius 1 is 1.08 bits per heavy atom. The van der Waals surface area contributed by atoms with Gasteiger partial charge in [-0.25, -0.2) is 13.2 Å². The molecule has 1 amide bonds. The number of hydrogen-bond acceptors (Lipinski definition) is 5. The van der Waals surface area contributed by atoms with Gasteiger partial charge in [0.05, 0.1) is 10.5 Å². The average Bonchev–Trinajstić information content (AvgIpc) is 3.04. The van der Waals surface area contributed by atoms with Gasteiger partial charge in [-0.3, -0.25) is 4.79 Å². The van der Waals surface area contributed by atoms with Gasteiger partial charge in [-0.1, -0.05) is 18.2 Å². The van der Waals surface area contributed by atoms with Crippen molar-refractivity contribution >= 4 is 27.4 Å². The molecule has 1 heterocycles. The van der Waals surface area contributed by atoms with E-state index in [4.69, 9.17) is 4.74 Å². The van der Waals surface area contributed by atoms with E-state index in [1.165, 1.54) is 31.2 Å². The van der Waals surface area contributed by atoms with Gasteiger partial charge in [0, 0.05) is 18.5 Å². The molecule has 0 bridgehead atoms. The van der Waals surface area contributed by atoms with Gasteiger partial charge in [-0.15, -0.1) is 0 Å². The first-order chi connectivity index (χ1) is 12.3. The van der Waals surface area contributed by atoms with Crippen LogP contribution in [-0.4, -0.2) is 39.2 Å². The second-order valence-corrected chi connectivity index (χ2v) is 8.23. The normalized spacial score (nSPS) is 14.6. The summed E-state index contributed by atoms with van der Waals surface area (Å²) in [4.78, 5) is 26.6. The minimum absolute atomic E-state index is 0.117. The van der Waals surface area contributed by atoms with E-state index in [1.54, 1.807) is 4.90 Å². The number of sulfone groups is 1. The van der Waals surface area contributed by atoms with Crippen molar-refractivity contribution in [3.8, 4) is 0 Å². The van der Waals surface area contributed by atoms with Crippen molar-refractivity contribution in [2.24, 2.45) is 0 Å². The molecule has 3 rings (SSSR count). The van der Waals surface area contributed by atoms with Crippen LogP contribution in [0.4, 0.5) is 5.69 Å². The number of para-hydroxylation sites is 1. The molecule has 0 fully saturated rings. The highest BCUT2D eigenvalue weighted by Crippen LogP contribution is 2.28. The summed E-state index contributed by atoms with van der Waals surface area (Å²) in [7, 11) is -3.33. The minimum atomic E-state index is -3.33. The Hall–Kier alpha value is -2.67. The molecular weight excluding hydrogens is 354 g/mol. The number of ether oxygens (including phenoxy) is 1. The fraction of sp³-hybridized carbons (Fsp3) is 0.263. The summed E-state index contributed by atoms with van der Waals surface area (Å²) >= 11 is 0. The minimum Gasteiger partial charge on any atom is -0.449 e. The summed E-state index contributed by atoms with van der Waals surface area (Å²) in [5, 5.41) is 0. The number of carbonyl (C=O) groups is 2. The number of hydrogen-bond donors (Lipinski definition) is 0. The fourth-order valence-corrected chi connectivity index (χ4v) is 3.53. The van der Waals surface area contributed by atoms with Crippen molar-refractivity contribution in [1.82, 2.24) is 0 Å². The first kappa shape index (κ1) is 18.1. The van der Waals surface area contributed by atoms with Crippen LogP contribution in [0.2, 0.25) is 0 Å². The Labute approximate surface area is 152 Å². The van der Waals surface area contributed by atoms with E-state index in [9.17, 15) is 18.0 Å². The smallest absolute Gasteiger partial charge is 0.338 e. The molecule has 26 heavy (non-hydrogen) atoms. The zero-order valence-electron chi connectivity index (χ0n) is 14.5. The van der Waals surface area contributed by atoms with Crippen LogP contribution in [0.1, 0.15) is 22.8 Å². The van der Waals surface area contributed by atoms with E-state index in [1.807, 2.05) is 24.3 Å². The van der Waals surface area contributed by atoms with Gasteiger partial charge >= 0.3 is 5.97 Å². The van der Waals surface area contributed by atoms with Gasteiger partial charge in [0.25, 0.3) is 5.91 Å². The first-order valence-electron chi connectivity index (χ1n) is 8.18. The fourth-order valence-electron chi connectivity index (χ4n) is 2.90. The predicted octanol–water partition coefficient (Wildman–Crippen LogP) is 2.22. The number of benzene rings is 2. The summed E-state index contributed by atoms with van der Waals surface area (Å²) in [6.45, 7) is 2.09. The molecule has 1 aliphatic heterocycles. The van der Waals surface area contributed by atoms with Crippen LogP contribution in [-0.2, 0) is 25.8 Å². The van der Waals surface area contributed by atoms with Gasteiger partial charge in [-0.2, -0.15) is 0 Å². The molecule has 0 saturated carbocycles. The maximum absolute atomic E-state index is 12.6. The molecule has 1 atom stereocenters. The molecular formula is C19H19NO5S. The molecule has 6 nitrogen and oxygen atoms in total. The third-order valence-corrected chi connectivity index (χ3v) is 5.43. The van der Waals surface area contributed by atoms with E-state index >= 15 is 0 Å². The molecule has 0 aromatic heterocycles. The van der Waals surface area contributed by atoms with Crippen LogP contribution in [0.3, 0.4) is 0 Å². The van der Waals surface area contributed by atoms with E-state index < -0.39 is 21.9 Å². The number of amides is 1. The molecule has 1 aliphatic rings. The number of fused-ring (bicyclic) bond motifs is 1. The zero-order valence-corrected chi connectivity index (χ0v) is 15.3. The van der Waals surface area contributed by atoms with E-state index in [2.05, 4.69) is 0 Å². The lowest BCUT2D eigenvalue weighted by molar-refractivity contribution is -0.126. The number of rotatable bonds is 4. The van der Waals surface area contributed by atoms with Gasteiger partial charge < -0.3 is 9.64 Å². The Morgan fingerprint density at radius 3 is 2.38 bits per heavy atom. The third-order valence-electron chi connectivity index (χ3n) is 4.30. The van der Waals surface area contributed by atoms with Crippen molar-refractivity contribution in [2.75, 3.05) is 17.7 Å². The van der Waals surface area contributed by atoms with Crippen LogP contribution in [0.15, 0.2) is 53.4 Å².